The van der Waals surface area contributed by atoms with Gasteiger partial charge in [0.1, 0.15) is 6.61 Å². The van der Waals surface area contributed by atoms with Crippen molar-refractivity contribution < 1.29 is 14.3 Å². The number of piperidine rings is 1. The summed E-state index contributed by atoms with van der Waals surface area (Å²) in [5.41, 5.74) is 7.50. The summed E-state index contributed by atoms with van der Waals surface area (Å²) in [7, 11) is 0. The van der Waals surface area contributed by atoms with Crippen molar-refractivity contribution in [3.8, 4) is 11.5 Å². The van der Waals surface area contributed by atoms with E-state index < -0.39 is 0 Å². The lowest BCUT2D eigenvalue weighted by atomic mass is 9.92. The van der Waals surface area contributed by atoms with Crippen molar-refractivity contribution in [2.24, 2.45) is 11.7 Å². The maximum Gasteiger partial charge on any atom is 0.254 e. The van der Waals surface area contributed by atoms with Gasteiger partial charge in [-0.25, -0.2) is 0 Å². The molecule has 3 rings (SSSR count). The Labute approximate surface area is 191 Å². The van der Waals surface area contributed by atoms with Gasteiger partial charge in [0.2, 0.25) is 0 Å². The van der Waals surface area contributed by atoms with Crippen LogP contribution in [0, 0.1) is 5.92 Å². The second-order valence-electron chi connectivity index (χ2n) is 7.26. The number of nitrogens with two attached hydrogens (primary N) is 1. The molecule has 2 aromatic rings. The zero-order chi connectivity index (χ0) is 19.9. The van der Waals surface area contributed by atoms with Crippen LogP contribution in [-0.4, -0.2) is 41.5 Å². The Morgan fingerprint density at radius 2 is 2.03 bits per heavy atom. The van der Waals surface area contributed by atoms with Gasteiger partial charge in [-0.3, -0.25) is 9.78 Å². The molecule has 2 unspecified atom stereocenters. The molecule has 6 nitrogen and oxygen atoms in total. The van der Waals surface area contributed by atoms with Crippen LogP contribution >= 0.6 is 24.8 Å². The quantitative estimate of drug-likeness (QED) is 0.679. The third kappa shape index (κ3) is 6.49. The second kappa shape index (κ2) is 12.6. The van der Waals surface area contributed by atoms with Gasteiger partial charge in [0.15, 0.2) is 11.5 Å². The van der Waals surface area contributed by atoms with Gasteiger partial charge >= 0.3 is 0 Å². The Morgan fingerprint density at radius 3 is 2.70 bits per heavy atom. The van der Waals surface area contributed by atoms with Crippen LogP contribution in [0.25, 0.3) is 0 Å². The highest BCUT2D eigenvalue weighted by Gasteiger charge is 2.30. The normalized spacial score (nSPS) is 18.0. The van der Waals surface area contributed by atoms with Crippen LogP contribution in [0.5, 0.6) is 11.5 Å². The Morgan fingerprint density at radius 1 is 1.23 bits per heavy atom. The molecular weight excluding hydrogens is 425 g/mol. The number of ether oxygens (including phenoxy) is 2. The molecule has 1 aromatic carbocycles. The number of likely N-dealkylation sites (tertiary alicyclic amines) is 1. The second-order valence-corrected chi connectivity index (χ2v) is 7.26. The molecule has 2 atom stereocenters. The molecule has 0 saturated carbocycles. The molecule has 1 amide bonds. The van der Waals surface area contributed by atoms with Crippen LogP contribution in [0.2, 0.25) is 0 Å². The maximum atomic E-state index is 13.1. The van der Waals surface area contributed by atoms with Crippen molar-refractivity contribution in [2.75, 3.05) is 19.7 Å². The van der Waals surface area contributed by atoms with Gasteiger partial charge in [0, 0.05) is 42.7 Å². The monoisotopic (exact) mass is 455 g/mol. The van der Waals surface area contributed by atoms with Crippen LogP contribution in [0.1, 0.15) is 42.6 Å². The van der Waals surface area contributed by atoms with E-state index in [-0.39, 0.29) is 36.8 Å². The molecule has 0 aliphatic carbocycles. The third-order valence-electron chi connectivity index (χ3n) is 5.12. The first-order valence-corrected chi connectivity index (χ1v) is 9.92. The van der Waals surface area contributed by atoms with E-state index in [1.807, 2.05) is 24.0 Å². The van der Waals surface area contributed by atoms with E-state index in [2.05, 4.69) is 11.9 Å². The number of nitrogens with zero attached hydrogens (tertiary/aromatic N) is 2. The van der Waals surface area contributed by atoms with Crippen molar-refractivity contribution in [1.29, 1.82) is 0 Å². The molecule has 2 N–H and O–H groups in total. The number of carbonyl (C=O) groups is 1. The fourth-order valence-corrected chi connectivity index (χ4v) is 3.58. The van der Waals surface area contributed by atoms with Crippen LogP contribution < -0.4 is 15.2 Å². The predicted molar refractivity (Wildman–Crippen MR) is 123 cm³/mol. The molecule has 0 radical (unpaired) electrons. The predicted octanol–water partition coefficient (Wildman–Crippen LogP) is 4.10. The number of aromatic nitrogens is 1. The molecule has 8 heteroatoms. The number of hydrogen-bond acceptors (Lipinski definition) is 5. The van der Waals surface area contributed by atoms with Crippen LogP contribution in [0.15, 0.2) is 42.7 Å². The number of carbonyl (C=O) groups excluding carboxylic acids is 1. The Kier molecular flexibility index (Phi) is 10.9. The van der Waals surface area contributed by atoms with E-state index in [0.29, 0.717) is 42.7 Å². The summed E-state index contributed by atoms with van der Waals surface area (Å²) in [6.45, 7) is 6.24. The zero-order valence-electron chi connectivity index (χ0n) is 17.5. The molecule has 1 fully saturated rings. The van der Waals surface area contributed by atoms with Gasteiger partial charge in [0.25, 0.3) is 5.91 Å². The van der Waals surface area contributed by atoms with Gasteiger partial charge in [-0.1, -0.05) is 13.0 Å². The standard InChI is InChI=1S/C22H29N3O3.2ClH/c1-3-27-21-12-18(22(26)25-10-8-16(2)11-19(25)13-23)6-7-20(21)28-15-17-5-4-9-24-14-17;;/h4-7,9,12,14,16,19H,3,8,10-11,13,15,23H2,1-2H3;2*1H. The Balaban J connectivity index is 0.00000225. The molecular formula is C22H31Cl2N3O3. The Bertz CT molecular complexity index is 792. The molecule has 1 aliphatic heterocycles. The number of hydrogen-bond donors (Lipinski definition) is 1. The van der Waals surface area contributed by atoms with Crippen LogP contribution in [0.3, 0.4) is 0 Å². The van der Waals surface area contributed by atoms with E-state index in [4.69, 9.17) is 15.2 Å². The van der Waals surface area contributed by atoms with Crippen LogP contribution in [-0.2, 0) is 6.61 Å². The minimum atomic E-state index is 0. The van der Waals surface area contributed by atoms with Gasteiger partial charge in [0.05, 0.1) is 6.61 Å². The first-order valence-electron chi connectivity index (χ1n) is 9.92. The Hall–Kier alpha value is -2.02. The third-order valence-corrected chi connectivity index (χ3v) is 5.12. The molecule has 166 valence electrons. The lowest BCUT2D eigenvalue weighted by Crippen LogP contribution is -2.49. The van der Waals surface area contributed by atoms with E-state index in [9.17, 15) is 4.79 Å². The zero-order valence-corrected chi connectivity index (χ0v) is 19.1. The number of amides is 1. The summed E-state index contributed by atoms with van der Waals surface area (Å²) in [5.74, 6) is 1.79. The molecule has 2 heterocycles. The first-order chi connectivity index (χ1) is 13.6. The molecule has 1 aliphatic rings. The van der Waals surface area contributed by atoms with Crippen molar-refractivity contribution in [2.45, 2.75) is 39.3 Å². The summed E-state index contributed by atoms with van der Waals surface area (Å²) in [6.07, 6.45) is 5.45. The lowest BCUT2D eigenvalue weighted by molar-refractivity contribution is 0.0573. The molecule has 1 saturated heterocycles. The highest BCUT2D eigenvalue weighted by atomic mass is 35.5. The van der Waals surface area contributed by atoms with Crippen LogP contribution in [0.4, 0.5) is 0 Å². The van der Waals surface area contributed by atoms with Gasteiger partial charge in [-0.15, -0.1) is 24.8 Å². The highest BCUT2D eigenvalue weighted by molar-refractivity contribution is 5.95. The minimum Gasteiger partial charge on any atom is -0.490 e. The van der Waals surface area contributed by atoms with Crippen molar-refractivity contribution in [1.82, 2.24) is 9.88 Å². The summed E-state index contributed by atoms with van der Waals surface area (Å²) in [4.78, 5) is 19.1. The molecule has 0 bridgehead atoms. The number of pyridine rings is 1. The highest BCUT2D eigenvalue weighted by Crippen LogP contribution is 2.31. The van der Waals surface area contributed by atoms with Gasteiger partial charge in [-0.2, -0.15) is 0 Å². The average Bonchev–Trinajstić information content (AvgIpc) is 2.73. The number of benzene rings is 1. The largest absolute Gasteiger partial charge is 0.490 e. The summed E-state index contributed by atoms with van der Waals surface area (Å²) >= 11 is 0. The molecule has 0 spiro atoms. The van der Waals surface area contributed by atoms with E-state index in [1.165, 1.54) is 0 Å². The molecule has 30 heavy (non-hydrogen) atoms. The topological polar surface area (TPSA) is 77.7 Å². The fraction of sp³-hybridized carbons (Fsp3) is 0.455. The van der Waals surface area contributed by atoms with E-state index >= 15 is 0 Å². The minimum absolute atomic E-state index is 0. The SMILES string of the molecule is CCOc1cc(C(=O)N2CCC(C)CC2CN)ccc1OCc1cccnc1.Cl.Cl. The van der Waals surface area contributed by atoms with E-state index in [0.717, 1.165) is 24.9 Å². The van der Waals surface area contributed by atoms with Gasteiger partial charge < -0.3 is 20.1 Å². The smallest absolute Gasteiger partial charge is 0.254 e. The maximum absolute atomic E-state index is 13.1. The summed E-state index contributed by atoms with van der Waals surface area (Å²) in [6, 6.07) is 9.30. The number of halogens is 2. The first kappa shape index (κ1) is 26.0. The van der Waals surface area contributed by atoms with Crippen molar-refractivity contribution in [3.05, 3.63) is 53.9 Å². The van der Waals surface area contributed by atoms with E-state index in [1.54, 1.807) is 30.6 Å². The number of rotatable bonds is 7. The molecule has 1 aromatic heterocycles. The lowest BCUT2D eigenvalue weighted by Gasteiger charge is -2.38. The van der Waals surface area contributed by atoms with Gasteiger partial charge in [-0.05, 0) is 49.9 Å². The van der Waals surface area contributed by atoms with Crippen molar-refractivity contribution in [3.63, 3.8) is 0 Å². The summed E-state index contributed by atoms with van der Waals surface area (Å²) in [5, 5.41) is 0. The summed E-state index contributed by atoms with van der Waals surface area (Å²) < 4.78 is 11.6. The average molecular weight is 456 g/mol. The fourth-order valence-electron chi connectivity index (χ4n) is 3.58. The van der Waals surface area contributed by atoms with Crippen molar-refractivity contribution >= 4 is 30.7 Å².